The third-order valence-corrected chi connectivity index (χ3v) is 4.50. The predicted molar refractivity (Wildman–Crippen MR) is 92.5 cm³/mol. The van der Waals surface area contributed by atoms with Crippen molar-refractivity contribution in [2.45, 2.75) is 12.3 Å². The molecule has 2 aromatic carbocycles. The van der Waals surface area contributed by atoms with Gasteiger partial charge in [0.05, 0.1) is 11.3 Å². The maximum absolute atomic E-state index is 13.3. The van der Waals surface area contributed by atoms with E-state index in [2.05, 4.69) is 15.5 Å². The predicted octanol–water partition coefficient (Wildman–Crippen LogP) is 3.39. The number of aromatic carboxylic acids is 1. The van der Waals surface area contributed by atoms with E-state index in [9.17, 15) is 19.1 Å². The molecule has 0 radical (unpaired) electrons. The van der Waals surface area contributed by atoms with Crippen molar-refractivity contribution < 1.29 is 19.1 Å². The molecule has 7 heteroatoms. The van der Waals surface area contributed by atoms with Crippen LogP contribution in [0.25, 0.3) is 11.3 Å². The van der Waals surface area contributed by atoms with Gasteiger partial charge in [-0.15, -0.1) is 0 Å². The highest BCUT2D eigenvalue weighted by Crippen LogP contribution is 2.42. The molecule has 3 aromatic rings. The van der Waals surface area contributed by atoms with Crippen LogP contribution in [0.1, 0.15) is 33.8 Å². The molecule has 1 amide bonds. The van der Waals surface area contributed by atoms with E-state index in [1.165, 1.54) is 18.2 Å². The largest absolute Gasteiger partial charge is 0.478 e. The highest BCUT2D eigenvalue weighted by molar-refractivity contribution is 5.97. The van der Waals surface area contributed by atoms with E-state index >= 15 is 0 Å². The molecule has 1 aliphatic rings. The number of rotatable bonds is 3. The summed E-state index contributed by atoms with van der Waals surface area (Å²) in [5.74, 6) is -1.75. The maximum atomic E-state index is 13.3. The number of aromatic nitrogens is 2. The number of amides is 1. The Bertz CT molecular complexity index is 1010. The van der Waals surface area contributed by atoms with Gasteiger partial charge in [0.15, 0.2) is 5.82 Å². The lowest BCUT2D eigenvalue weighted by Gasteiger charge is -2.24. The van der Waals surface area contributed by atoms with E-state index in [4.69, 9.17) is 0 Å². The van der Waals surface area contributed by atoms with Gasteiger partial charge in [0.1, 0.15) is 5.82 Å². The molecule has 0 saturated heterocycles. The molecule has 0 aliphatic carbocycles. The molecule has 1 aromatic heterocycles. The summed E-state index contributed by atoms with van der Waals surface area (Å²) in [7, 11) is 0. The number of hydrogen-bond acceptors (Lipinski definition) is 3. The number of carboxylic acid groups (broad SMARTS) is 1. The fourth-order valence-electron chi connectivity index (χ4n) is 3.35. The van der Waals surface area contributed by atoms with Crippen LogP contribution in [0.5, 0.6) is 0 Å². The number of carbonyl (C=O) groups excluding carboxylic acids is 1. The van der Waals surface area contributed by atoms with Gasteiger partial charge in [0.25, 0.3) is 0 Å². The second-order valence-corrected chi connectivity index (χ2v) is 6.07. The summed E-state index contributed by atoms with van der Waals surface area (Å²) in [4.78, 5) is 23.7. The standard InChI is InChI=1S/C19H14FN3O3/c20-11-7-5-10(6-8-11)17-16-14(9-15(24)21-18(16)23-22-17)12-3-1-2-4-13(12)19(25)26/h1-8,14H,9H2,(H,25,26)(H2,21,22,23,24). The van der Waals surface area contributed by atoms with Crippen LogP contribution in [0.2, 0.25) is 0 Å². The van der Waals surface area contributed by atoms with Gasteiger partial charge in [-0.25, -0.2) is 9.18 Å². The van der Waals surface area contributed by atoms with Crippen molar-refractivity contribution in [1.82, 2.24) is 10.2 Å². The number of anilines is 1. The number of benzene rings is 2. The first kappa shape index (κ1) is 16.0. The molecular weight excluding hydrogens is 337 g/mol. The Hall–Kier alpha value is -3.48. The van der Waals surface area contributed by atoms with Crippen molar-refractivity contribution in [3.05, 3.63) is 71.0 Å². The molecule has 26 heavy (non-hydrogen) atoms. The van der Waals surface area contributed by atoms with Crippen molar-refractivity contribution in [3.63, 3.8) is 0 Å². The van der Waals surface area contributed by atoms with Gasteiger partial charge in [0.2, 0.25) is 5.91 Å². The summed E-state index contributed by atoms with van der Waals surface area (Å²) in [6.45, 7) is 0. The van der Waals surface area contributed by atoms with Crippen LogP contribution in [0.3, 0.4) is 0 Å². The zero-order valence-corrected chi connectivity index (χ0v) is 13.5. The monoisotopic (exact) mass is 351 g/mol. The molecule has 130 valence electrons. The van der Waals surface area contributed by atoms with Crippen molar-refractivity contribution >= 4 is 17.7 Å². The van der Waals surface area contributed by atoms with Gasteiger partial charge in [-0.05, 0) is 35.9 Å². The van der Waals surface area contributed by atoms with E-state index in [-0.39, 0.29) is 23.7 Å². The first-order valence-electron chi connectivity index (χ1n) is 8.01. The molecule has 1 unspecified atom stereocenters. The number of carboxylic acids is 1. The van der Waals surface area contributed by atoms with Crippen molar-refractivity contribution in [3.8, 4) is 11.3 Å². The van der Waals surface area contributed by atoms with Crippen LogP contribution in [0, 0.1) is 5.82 Å². The maximum Gasteiger partial charge on any atom is 0.335 e. The van der Waals surface area contributed by atoms with Crippen LogP contribution in [0.4, 0.5) is 10.2 Å². The van der Waals surface area contributed by atoms with E-state index in [1.807, 2.05) is 0 Å². The second kappa shape index (κ2) is 6.11. The van der Waals surface area contributed by atoms with Crippen molar-refractivity contribution in [2.75, 3.05) is 5.32 Å². The van der Waals surface area contributed by atoms with Gasteiger partial charge in [-0.3, -0.25) is 9.89 Å². The summed E-state index contributed by atoms with van der Waals surface area (Å²) in [5.41, 5.74) is 2.72. The molecule has 3 N–H and O–H groups in total. The van der Waals surface area contributed by atoms with Gasteiger partial charge >= 0.3 is 5.97 Å². The van der Waals surface area contributed by atoms with E-state index < -0.39 is 11.9 Å². The minimum atomic E-state index is -1.06. The zero-order chi connectivity index (χ0) is 18.3. The van der Waals surface area contributed by atoms with Gasteiger partial charge < -0.3 is 10.4 Å². The molecule has 1 aliphatic heterocycles. The van der Waals surface area contributed by atoms with E-state index in [0.29, 0.717) is 28.2 Å². The topological polar surface area (TPSA) is 95.1 Å². The number of H-pyrrole nitrogens is 1. The Kier molecular flexibility index (Phi) is 3.76. The SMILES string of the molecule is O=C1CC(c2ccccc2C(=O)O)c2c(n[nH]c2-c2ccc(F)cc2)N1. The average Bonchev–Trinajstić information content (AvgIpc) is 3.05. The first-order valence-corrected chi connectivity index (χ1v) is 8.01. The van der Waals surface area contributed by atoms with Crippen LogP contribution in [0.15, 0.2) is 48.5 Å². The van der Waals surface area contributed by atoms with Crippen LogP contribution in [-0.4, -0.2) is 27.2 Å². The fraction of sp³-hybridized carbons (Fsp3) is 0.105. The number of halogens is 1. The lowest BCUT2D eigenvalue weighted by Crippen LogP contribution is -2.24. The quantitative estimate of drug-likeness (QED) is 0.674. The number of aromatic amines is 1. The molecule has 0 spiro atoms. The van der Waals surface area contributed by atoms with Gasteiger partial charge in [-0.1, -0.05) is 18.2 Å². The third kappa shape index (κ3) is 2.63. The molecule has 6 nitrogen and oxygen atoms in total. The minimum Gasteiger partial charge on any atom is -0.478 e. The minimum absolute atomic E-state index is 0.102. The number of nitrogens with zero attached hydrogens (tertiary/aromatic N) is 1. The van der Waals surface area contributed by atoms with Crippen LogP contribution >= 0.6 is 0 Å². The van der Waals surface area contributed by atoms with Crippen molar-refractivity contribution in [1.29, 1.82) is 0 Å². The molecule has 0 bridgehead atoms. The van der Waals surface area contributed by atoms with Crippen molar-refractivity contribution in [2.24, 2.45) is 0 Å². The highest BCUT2D eigenvalue weighted by Gasteiger charge is 2.33. The average molecular weight is 351 g/mol. The molecule has 0 fully saturated rings. The van der Waals surface area contributed by atoms with Crippen LogP contribution < -0.4 is 5.32 Å². The summed E-state index contributed by atoms with van der Waals surface area (Å²) in [5, 5.41) is 19.3. The Morgan fingerprint density at radius 3 is 2.62 bits per heavy atom. The Balaban J connectivity index is 1.90. The lowest BCUT2D eigenvalue weighted by atomic mass is 9.82. The molecular formula is C19H14FN3O3. The fourth-order valence-corrected chi connectivity index (χ4v) is 3.35. The number of fused-ring (bicyclic) bond motifs is 1. The third-order valence-electron chi connectivity index (χ3n) is 4.50. The van der Waals surface area contributed by atoms with Gasteiger partial charge in [0, 0.05) is 23.5 Å². The molecule has 0 saturated carbocycles. The molecule has 1 atom stereocenters. The Morgan fingerprint density at radius 1 is 1.15 bits per heavy atom. The second-order valence-electron chi connectivity index (χ2n) is 6.07. The van der Waals surface area contributed by atoms with E-state index in [0.717, 1.165) is 0 Å². The summed E-state index contributed by atoms with van der Waals surface area (Å²) < 4.78 is 13.3. The summed E-state index contributed by atoms with van der Waals surface area (Å²) in [6.07, 6.45) is 0.102. The molecule has 2 heterocycles. The van der Waals surface area contributed by atoms with Gasteiger partial charge in [-0.2, -0.15) is 5.10 Å². The zero-order valence-electron chi connectivity index (χ0n) is 13.5. The number of carbonyl (C=O) groups is 2. The smallest absolute Gasteiger partial charge is 0.335 e. The summed E-state index contributed by atoms with van der Waals surface area (Å²) >= 11 is 0. The van der Waals surface area contributed by atoms with E-state index in [1.54, 1.807) is 30.3 Å². The number of nitrogens with one attached hydrogen (secondary N) is 2. The Labute approximate surface area is 147 Å². The lowest BCUT2D eigenvalue weighted by molar-refractivity contribution is -0.116. The number of hydrogen-bond donors (Lipinski definition) is 3. The molecule has 4 rings (SSSR count). The summed E-state index contributed by atoms with van der Waals surface area (Å²) in [6, 6.07) is 12.5. The first-order chi connectivity index (χ1) is 12.5. The van der Waals surface area contributed by atoms with Crippen LogP contribution in [-0.2, 0) is 4.79 Å². The highest BCUT2D eigenvalue weighted by atomic mass is 19.1. The normalized spacial score (nSPS) is 16.0. The Morgan fingerprint density at radius 2 is 1.88 bits per heavy atom.